The second-order valence-corrected chi connectivity index (χ2v) is 3.97. The van der Waals surface area contributed by atoms with Gasteiger partial charge in [-0.3, -0.25) is 0 Å². The lowest BCUT2D eigenvalue weighted by Crippen LogP contribution is -2.28. The third kappa shape index (κ3) is 3.11. The van der Waals surface area contributed by atoms with Crippen molar-refractivity contribution < 1.29 is 14.2 Å². The van der Waals surface area contributed by atoms with Crippen molar-refractivity contribution in [3.8, 4) is 17.6 Å². The van der Waals surface area contributed by atoms with E-state index in [0.717, 1.165) is 19.4 Å². The summed E-state index contributed by atoms with van der Waals surface area (Å²) in [6.07, 6.45) is 2.07. The Hall–Kier alpha value is -1.73. The lowest BCUT2D eigenvalue weighted by Gasteiger charge is -2.23. The van der Waals surface area contributed by atoms with E-state index in [9.17, 15) is 0 Å². The average Bonchev–Trinajstić information content (AvgIpc) is 2.39. The lowest BCUT2D eigenvalue weighted by atomic mass is 10.1. The molecule has 1 heterocycles. The summed E-state index contributed by atoms with van der Waals surface area (Å²) in [5.41, 5.74) is 0.538. The zero-order chi connectivity index (χ0) is 12.1. The van der Waals surface area contributed by atoms with E-state index in [1.165, 1.54) is 0 Å². The summed E-state index contributed by atoms with van der Waals surface area (Å²) in [6.45, 7) is 1.42. The molecule has 4 heteroatoms. The molecule has 1 atom stereocenters. The van der Waals surface area contributed by atoms with E-state index in [1.54, 1.807) is 25.3 Å². The average molecular weight is 233 g/mol. The maximum atomic E-state index is 8.90. The maximum Gasteiger partial charge on any atom is 0.124 e. The normalized spacial score (nSPS) is 19.4. The van der Waals surface area contributed by atoms with Crippen molar-refractivity contribution in [1.82, 2.24) is 0 Å². The number of hydrogen-bond donors (Lipinski definition) is 0. The highest BCUT2D eigenvalue weighted by molar-refractivity contribution is 5.43. The van der Waals surface area contributed by atoms with Gasteiger partial charge in [0, 0.05) is 12.7 Å². The van der Waals surface area contributed by atoms with E-state index in [2.05, 4.69) is 6.07 Å². The van der Waals surface area contributed by atoms with Gasteiger partial charge in [0.15, 0.2) is 0 Å². The molecule has 0 bridgehead atoms. The van der Waals surface area contributed by atoms with Crippen LogP contribution in [0.15, 0.2) is 18.2 Å². The van der Waals surface area contributed by atoms with E-state index in [1.807, 2.05) is 0 Å². The lowest BCUT2D eigenvalue weighted by molar-refractivity contribution is 0.00735. The molecule has 0 aromatic heterocycles. The molecule has 1 aromatic rings. The molecule has 17 heavy (non-hydrogen) atoms. The monoisotopic (exact) mass is 233 g/mol. The van der Waals surface area contributed by atoms with Crippen molar-refractivity contribution in [2.45, 2.75) is 18.9 Å². The Morgan fingerprint density at radius 2 is 2.18 bits per heavy atom. The standard InChI is InChI=1S/C13H15NO3/c1-15-12-5-10(8-14)6-13(7-12)17-11-3-2-4-16-9-11/h5-7,11H,2-4,9H2,1H3. The predicted octanol–water partition coefficient (Wildman–Crippen LogP) is 2.12. The number of rotatable bonds is 3. The molecule has 2 rings (SSSR count). The van der Waals surface area contributed by atoms with Crippen LogP contribution in [0.5, 0.6) is 11.5 Å². The van der Waals surface area contributed by atoms with Crippen LogP contribution in [0.3, 0.4) is 0 Å². The third-order valence-electron chi connectivity index (χ3n) is 2.67. The van der Waals surface area contributed by atoms with Crippen molar-refractivity contribution in [1.29, 1.82) is 5.26 Å². The Bertz CT molecular complexity index is 419. The molecule has 0 spiro atoms. The molecule has 0 aliphatic carbocycles. The molecule has 1 fully saturated rings. The van der Waals surface area contributed by atoms with Crippen LogP contribution in [0.4, 0.5) is 0 Å². The van der Waals surface area contributed by atoms with E-state index >= 15 is 0 Å². The third-order valence-corrected chi connectivity index (χ3v) is 2.67. The van der Waals surface area contributed by atoms with E-state index < -0.39 is 0 Å². The van der Waals surface area contributed by atoms with Gasteiger partial charge in [-0.15, -0.1) is 0 Å². The van der Waals surface area contributed by atoms with Crippen molar-refractivity contribution in [3.05, 3.63) is 23.8 Å². The molecule has 1 saturated heterocycles. The van der Waals surface area contributed by atoms with Gasteiger partial charge in [0.1, 0.15) is 17.6 Å². The van der Waals surface area contributed by atoms with Crippen LogP contribution in [-0.4, -0.2) is 26.4 Å². The summed E-state index contributed by atoms with van der Waals surface area (Å²) in [6, 6.07) is 7.28. The Morgan fingerprint density at radius 1 is 1.35 bits per heavy atom. The first-order chi connectivity index (χ1) is 8.31. The largest absolute Gasteiger partial charge is 0.497 e. The molecule has 1 aliphatic heterocycles. The Labute approximate surface area is 101 Å². The molecule has 0 saturated carbocycles. The first-order valence-electron chi connectivity index (χ1n) is 5.65. The number of methoxy groups -OCH3 is 1. The second-order valence-electron chi connectivity index (χ2n) is 3.97. The minimum absolute atomic E-state index is 0.0717. The Balaban J connectivity index is 2.11. The van der Waals surface area contributed by atoms with Gasteiger partial charge in [0.05, 0.1) is 25.3 Å². The Kier molecular flexibility index (Phi) is 3.84. The molecule has 1 unspecified atom stereocenters. The minimum atomic E-state index is 0.0717. The number of hydrogen-bond acceptors (Lipinski definition) is 4. The van der Waals surface area contributed by atoms with Crippen LogP contribution in [0, 0.1) is 11.3 Å². The number of benzene rings is 1. The predicted molar refractivity (Wildman–Crippen MR) is 62.2 cm³/mol. The Morgan fingerprint density at radius 3 is 2.82 bits per heavy atom. The van der Waals surface area contributed by atoms with Gasteiger partial charge in [-0.1, -0.05) is 0 Å². The summed E-state index contributed by atoms with van der Waals surface area (Å²) in [7, 11) is 1.57. The van der Waals surface area contributed by atoms with Gasteiger partial charge >= 0.3 is 0 Å². The first-order valence-corrected chi connectivity index (χ1v) is 5.65. The van der Waals surface area contributed by atoms with E-state index in [4.69, 9.17) is 19.5 Å². The summed E-state index contributed by atoms with van der Waals surface area (Å²) in [5.74, 6) is 1.30. The molecule has 0 N–H and O–H groups in total. The van der Waals surface area contributed by atoms with Crippen LogP contribution in [0.1, 0.15) is 18.4 Å². The quantitative estimate of drug-likeness (QED) is 0.802. The van der Waals surface area contributed by atoms with E-state index in [-0.39, 0.29) is 6.10 Å². The fraction of sp³-hybridized carbons (Fsp3) is 0.462. The molecule has 90 valence electrons. The molecule has 1 aliphatic rings. The highest BCUT2D eigenvalue weighted by Crippen LogP contribution is 2.24. The highest BCUT2D eigenvalue weighted by Gasteiger charge is 2.16. The number of nitriles is 1. The van der Waals surface area contributed by atoms with Crippen LogP contribution < -0.4 is 9.47 Å². The van der Waals surface area contributed by atoms with Crippen LogP contribution >= 0.6 is 0 Å². The first kappa shape index (κ1) is 11.7. The number of ether oxygens (including phenoxy) is 3. The molecular formula is C13H15NO3. The molecule has 1 aromatic carbocycles. The minimum Gasteiger partial charge on any atom is -0.497 e. The van der Waals surface area contributed by atoms with Crippen LogP contribution in [-0.2, 0) is 4.74 Å². The fourth-order valence-electron chi connectivity index (χ4n) is 1.82. The van der Waals surface area contributed by atoms with Crippen molar-refractivity contribution in [2.75, 3.05) is 20.3 Å². The maximum absolute atomic E-state index is 8.90. The van der Waals surface area contributed by atoms with Gasteiger partial charge < -0.3 is 14.2 Å². The van der Waals surface area contributed by atoms with Gasteiger partial charge in [-0.05, 0) is 25.0 Å². The highest BCUT2D eigenvalue weighted by atomic mass is 16.5. The SMILES string of the molecule is COc1cc(C#N)cc(OC2CCCOC2)c1. The van der Waals surface area contributed by atoms with Gasteiger partial charge in [0.2, 0.25) is 0 Å². The summed E-state index contributed by atoms with van der Waals surface area (Å²) >= 11 is 0. The fourth-order valence-corrected chi connectivity index (χ4v) is 1.82. The molecule has 0 amide bonds. The smallest absolute Gasteiger partial charge is 0.124 e. The molecule has 0 radical (unpaired) electrons. The van der Waals surface area contributed by atoms with Gasteiger partial charge in [-0.2, -0.15) is 5.26 Å². The molecular weight excluding hydrogens is 218 g/mol. The van der Waals surface area contributed by atoms with Crippen molar-refractivity contribution in [2.24, 2.45) is 0 Å². The molecule has 4 nitrogen and oxygen atoms in total. The van der Waals surface area contributed by atoms with Crippen LogP contribution in [0.25, 0.3) is 0 Å². The van der Waals surface area contributed by atoms with Crippen molar-refractivity contribution in [3.63, 3.8) is 0 Å². The van der Waals surface area contributed by atoms with Gasteiger partial charge in [-0.25, -0.2) is 0 Å². The second kappa shape index (κ2) is 5.55. The van der Waals surface area contributed by atoms with Crippen molar-refractivity contribution >= 4 is 0 Å². The summed E-state index contributed by atoms with van der Waals surface area (Å²) in [4.78, 5) is 0. The topological polar surface area (TPSA) is 51.5 Å². The number of nitrogens with zero attached hydrogens (tertiary/aromatic N) is 1. The zero-order valence-corrected chi connectivity index (χ0v) is 9.81. The van der Waals surface area contributed by atoms with Crippen LogP contribution in [0.2, 0.25) is 0 Å². The van der Waals surface area contributed by atoms with Gasteiger partial charge in [0.25, 0.3) is 0 Å². The zero-order valence-electron chi connectivity index (χ0n) is 9.81. The summed E-state index contributed by atoms with van der Waals surface area (Å²) in [5, 5.41) is 8.90. The van der Waals surface area contributed by atoms with E-state index in [0.29, 0.717) is 23.7 Å². The summed E-state index contributed by atoms with van der Waals surface area (Å²) < 4.78 is 16.3.